The third kappa shape index (κ3) is 4.52. The van der Waals surface area contributed by atoms with E-state index >= 15 is 0 Å². The zero-order valence-corrected chi connectivity index (χ0v) is 19.4. The first-order chi connectivity index (χ1) is 17.2. The van der Waals surface area contributed by atoms with Crippen molar-refractivity contribution >= 4 is 23.4 Å². The number of hydrogen-bond acceptors (Lipinski definition) is 11. The maximum absolute atomic E-state index is 5.75. The van der Waals surface area contributed by atoms with Gasteiger partial charge in [0.2, 0.25) is 5.95 Å². The van der Waals surface area contributed by atoms with Gasteiger partial charge in [-0.3, -0.25) is 5.10 Å². The maximum Gasteiger partial charge on any atom is 0.229 e. The lowest BCUT2D eigenvalue weighted by atomic mass is 10.1. The molecule has 0 unspecified atom stereocenters. The van der Waals surface area contributed by atoms with Crippen molar-refractivity contribution in [3.63, 3.8) is 0 Å². The number of nitrogens with one attached hydrogen (secondary N) is 2. The Balaban J connectivity index is 1.32. The first-order valence-corrected chi connectivity index (χ1v) is 11.7. The van der Waals surface area contributed by atoms with E-state index in [9.17, 15) is 0 Å². The van der Waals surface area contributed by atoms with Crippen LogP contribution in [0, 0.1) is 6.92 Å². The zero-order chi connectivity index (χ0) is 23.6. The van der Waals surface area contributed by atoms with Gasteiger partial charge in [-0.15, -0.1) is 0 Å². The number of anilines is 4. The molecule has 4 aromatic heterocycles. The van der Waals surface area contributed by atoms with E-state index in [1.807, 2.05) is 25.1 Å². The molecule has 4 aromatic rings. The molecule has 0 radical (unpaired) electrons. The minimum absolute atomic E-state index is 0.0274. The minimum atomic E-state index is -0.0274. The van der Waals surface area contributed by atoms with Crippen LogP contribution < -0.4 is 15.1 Å². The van der Waals surface area contributed by atoms with Gasteiger partial charge in [-0.1, -0.05) is 5.16 Å². The number of aryl methyl sites for hydroxylation is 1. The Morgan fingerprint density at radius 3 is 2.69 bits per heavy atom. The predicted molar refractivity (Wildman–Crippen MR) is 129 cm³/mol. The number of aromatic nitrogens is 7. The Hall–Kier alpha value is -4.06. The van der Waals surface area contributed by atoms with Crippen LogP contribution in [-0.4, -0.2) is 68.1 Å². The quantitative estimate of drug-likeness (QED) is 0.427. The summed E-state index contributed by atoms with van der Waals surface area (Å²) in [7, 11) is 0. The van der Waals surface area contributed by atoms with Crippen LogP contribution in [0.25, 0.3) is 11.5 Å². The summed E-state index contributed by atoms with van der Waals surface area (Å²) in [6, 6.07) is 7.56. The maximum atomic E-state index is 5.75. The molecule has 2 saturated heterocycles. The summed E-state index contributed by atoms with van der Waals surface area (Å²) in [6.45, 7) is 5.69. The second kappa shape index (κ2) is 9.29. The predicted octanol–water partition coefficient (Wildman–Crippen LogP) is 2.87. The number of aromatic amines is 1. The first kappa shape index (κ1) is 21.5. The first-order valence-electron chi connectivity index (χ1n) is 11.7. The number of hydrogen-bond donors (Lipinski definition) is 2. The molecular formula is C23H26N10O2. The molecule has 0 aromatic carbocycles. The largest absolute Gasteiger partial charge is 0.378 e. The summed E-state index contributed by atoms with van der Waals surface area (Å²) in [5.74, 6) is 4.18. The Bertz CT molecular complexity index is 1280. The van der Waals surface area contributed by atoms with E-state index in [1.54, 1.807) is 18.5 Å². The second-order valence-electron chi connectivity index (χ2n) is 8.61. The zero-order valence-electron chi connectivity index (χ0n) is 19.4. The molecule has 2 aliphatic rings. The molecule has 6 heterocycles. The fourth-order valence-electron chi connectivity index (χ4n) is 4.47. The molecule has 12 nitrogen and oxygen atoms in total. The van der Waals surface area contributed by atoms with Crippen molar-refractivity contribution in [3.8, 4) is 11.5 Å². The molecule has 0 saturated carbocycles. The van der Waals surface area contributed by atoms with Crippen molar-refractivity contribution in [3.05, 3.63) is 48.1 Å². The molecule has 0 spiro atoms. The van der Waals surface area contributed by atoms with E-state index in [1.165, 1.54) is 0 Å². The third-order valence-corrected chi connectivity index (χ3v) is 6.16. The van der Waals surface area contributed by atoms with Gasteiger partial charge in [-0.05, 0) is 25.8 Å². The van der Waals surface area contributed by atoms with Gasteiger partial charge in [0.1, 0.15) is 11.6 Å². The summed E-state index contributed by atoms with van der Waals surface area (Å²) in [5.41, 5.74) is 1.59. The molecule has 2 N–H and O–H groups in total. The van der Waals surface area contributed by atoms with Gasteiger partial charge in [0.25, 0.3) is 0 Å². The van der Waals surface area contributed by atoms with Crippen LogP contribution >= 0.6 is 0 Å². The SMILES string of the molecule is Cc1cc(Nc2cc(N3CCOCC3)nc(N3CCC[C@H]3c3cc(-c4ncccn4)no3)n2)n[nH]1. The summed E-state index contributed by atoms with van der Waals surface area (Å²) < 4.78 is 11.3. The van der Waals surface area contributed by atoms with E-state index in [4.69, 9.17) is 19.2 Å². The van der Waals surface area contributed by atoms with Gasteiger partial charge in [0.15, 0.2) is 23.1 Å². The fraction of sp³-hybridized carbons (Fsp3) is 0.391. The van der Waals surface area contributed by atoms with Gasteiger partial charge in [0.05, 0.1) is 19.3 Å². The van der Waals surface area contributed by atoms with Gasteiger partial charge >= 0.3 is 0 Å². The van der Waals surface area contributed by atoms with E-state index < -0.39 is 0 Å². The molecule has 1 atom stereocenters. The molecule has 2 fully saturated rings. The van der Waals surface area contributed by atoms with Gasteiger partial charge in [0, 0.05) is 55.9 Å². The second-order valence-corrected chi connectivity index (χ2v) is 8.61. The van der Waals surface area contributed by atoms with Crippen molar-refractivity contribution < 1.29 is 9.26 Å². The monoisotopic (exact) mass is 474 g/mol. The van der Waals surface area contributed by atoms with Crippen molar-refractivity contribution in [1.82, 2.24) is 35.3 Å². The average molecular weight is 475 g/mol. The molecule has 0 aliphatic carbocycles. The van der Waals surface area contributed by atoms with Crippen molar-refractivity contribution in [2.75, 3.05) is 48.0 Å². The third-order valence-electron chi connectivity index (χ3n) is 6.16. The molecule has 6 rings (SSSR count). The highest BCUT2D eigenvalue weighted by atomic mass is 16.5. The summed E-state index contributed by atoms with van der Waals surface area (Å²) in [4.78, 5) is 22.8. The Morgan fingerprint density at radius 2 is 1.89 bits per heavy atom. The van der Waals surface area contributed by atoms with Crippen LogP contribution in [0.2, 0.25) is 0 Å². The minimum Gasteiger partial charge on any atom is -0.378 e. The molecule has 180 valence electrons. The average Bonchev–Trinajstić information content (AvgIpc) is 3.66. The smallest absolute Gasteiger partial charge is 0.229 e. The van der Waals surface area contributed by atoms with Gasteiger partial charge in [-0.25, -0.2) is 9.97 Å². The van der Waals surface area contributed by atoms with Crippen LogP contribution in [0.4, 0.5) is 23.4 Å². The lowest BCUT2D eigenvalue weighted by molar-refractivity contribution is 0.122. The van der Waals surface area contributed by atoms with Crippen molar-refractivity contribution in [2.24, 2.45) is 0 Å². The van der Waals surface area contributed by atoms with E-state index in [0.717, 1.165) is 49.7 Å². The number of ether oxygens (including phenoxy) is 1. The van der Waals surface area contributed by atoms with E-state index in [2.05, 4.69) is 40.4 Å². The number of morpholine rings is 1. The molecule has 12 heteroatoms. The number of nitrogens with zero attached hydrogens (tertiary/aromatic N) is 8. The van der Waals surface area contributed by atoms with Crippen LogP contribution in [0.1, 0.15) is 30.3 Å². The fourth-order valence-corrected chi connectivity index (χ4v) is 4.47. The van der Waals surface area contributed by atoms with E-state index in [-0.39, 0.29) is 6.04 Å². The topological polar surface area (TPSA) is 134 Å². The van der Waals surface area contributed by atoms with Crippen LogP contribution in [0.3, 0.4) is 0 Å². The molecular weight excluding hydrogens is 448 g/mol. The highest BCUT2D eigenvalue weighted by Gasteiger charge is 2.32. The summed E-state index contributed by atoms with van der Waals surface area (Å²) >= 11 is 0. The summed E-state index contributed by atoms with van der Waals surface area (Å²) in [6.07, 6.45) is 5.30. The Labute approximate surface area is 201 Å². The van der Waals surface area contributed by atoms with Crippen molar-refractivity contribution in [1.29, 1.82) is 0 Å². The number of H-pyrrole nitrogens is 1. The Morgan fingerprint density at radius 1 is 1.03 bits per heavy atom. The standard InChI is InChI=1S/C23H26N10O2/c1-15-12-20(30-29-15)26-19-14-21(32-8-10-34-11-9-32)28-23(27-19)33-7-2-4-17(33)18-13-16(31-35-18)22-24-5-3-6-25-22/h3,5-6,12-14,17H,2,4,7-11H2,1H3,(H2,26,27,28,29,30)/t17-/m0/s1. The molecule has 2 aliphatic heterocycles. The van der Waals surface area contributed by atoms with Crippen LogP contribution in [-0.2, 0) is 4.74 Å². The van der Waals surface area contributed by atoms with Crippen LogP contribution in [0.5, 0.6) is 0 Å². The highest BCUT2D eigenvalue weighted by molar-refractivity contribution is 5.61. The van der Waals surface area contributed by atoms with E-state index in [0.29, 0.717) is 42.3 Å². The lowest BCUT2D eigenvalue weighted by Gasteiger charge is -2.30. The lowest BCUT2D eigenvalue weighted by Crippen LogP contribution is -2.37. The molecule has 35 heavy (non-hydrogen) atoms. The normalized spacial score (nSPS) is 18.3. The van der Waals surface area contributed by atoms with Gasteiger partial charge < -0.3 is 24.4 Å². The number of rotatable bonds is 6. The molecule has 0 amide bonds. The Kier molecular flexibility index (Phi) is 5.70. The van der Waals surface area contributed by atoms with Crippen LogP contribution in [0.15, 0.2) is 41.2 Å². The van der Waals surface area contributed by atoms with Gasteiger partial charge in [-0.2, -0.15) is 15.1 Å². The molecule has 0 bridgehead atoms. The van der Waals surface area contributed by atoms with Crippen molar-refractivity contribution in [2.45, 2.75) is 25.8 Å². The highest BCUT2D eigenvalue weighted by Crippen LogP contribution is 2.37. The summed E-state index contributed by atoms with van der Waals surface area (Å²) in [5, 5.41) is 14.8.